The van der Waals surface area contributed by atoms with Crippen LogP contribution in [0.25, 0.3) is 0 Å². The average molecular weight is 474 g/mol. The molecule has 33 heavy (non-hydrogen) atoms. The standard InChI is InChI=1S/C18H34O2.C9H21NO3/c1-2-3-4-5-6-7-8-9-10-11-12-13-14-15-16-17-18(19)20;1-7(2,11)10(8(3,4)12)9(5,6)13/h9-10H,2-8,11-17H2,1H3,(H,19,20);11-13H,1-6H3/b10-9+;. The molecule has 0 radical (unpaired) electrons. The fourth-order valence-corrected chi connectivity index (χ4v) is 4.36. The van der Waals surface area contributed by atoms with Crippen molar-refractivity contribution < 1.29 is 25.2 Å². The third kappa shape index (κ3) is 22.6. The van der Waals surface area contributed by atoms with Crippen molar-refractivity contribution in [2.45, 2.75) is 156 Å². The van der Waals surface area contributed by atoms with Gasteiger partial charge in [-0.1, -0.05) is 70.4 Å². The van der Waals surface area contributed by atoms with Crippen LogP contribution in [-0.4, -0.2) is 48.5 Å². The second-order valence-electron chi connectivity index (χ2n) is 10.5. The molecular weight excluding hydrogens is 418 g/mol. The van der Waals surface area contributed by atoms with Crippen molar-refractivity contribution in [3.63, 3.8) is 0 Å². The minimum absolute atomic E-state index is 0.332. The van der Waals surface area contributed by atoms with E-state index in [2.05, 4.69) is 19.1 Å². The normalized spacial score (nSPS) is 12.8. The highest BCUT2D eigenvalue weighted by molar-refractivity contribution is 5.66. The van der Waals surface area contributed by atoms with Gasteiger partial charge in [-0.25, -0.2) is 4.90 Å². The summed E-state index contributed by atoms with van der Waals surface area (Å²) >= 11 is 0. The fraction of sp³-hybridized carbons (Fsp3) is 0.889. The van der Waals surface area contributed by atoms with Gasteiger partial charge in [-0.05, 0) is 73.6 Å². The molecule has 0 aliphatic rings. The van der Waals surface area contributed by atoms with E-state index in [0.717, 1.165) is 12.8 Å². The molecule has 0 aliphatic heterocycles. The molecule has 0 aliphatic carbocycles. The van der Waals surface area contributed by atoms with Crippen LogP contribution < -0.4 is 0 Å². The Balaban J connectivity index is 0. The summed E-state index contributed by atoms with van der Waals surface area (Å²) in [5.74, 6) is -0.664. The third-order valence-electron chi connectivity index (χ3n) is 5.29. The number of carboxylic acid groups (broad SMARTS) is 1. The highest BCUT2D eigenvalue weighted by Gasteiger charge is 2.43. The monoisotopic (exact) mass is 473 g/mol. The van der Waals surface area contributed by atoms with Crippen LogP contribution in [0.15, 0.2) is 12.2 Å². The Morgan fingerprint density at radius 1 is 0.636 bits per heavy atom. The molecule has 4 N–H and O–H groups in total. The molecule has 198 valence electrons. The summed E-state index contributed by atoms with van der Waals surface area (Å²) < 4.78 is 0. The van der Waals surface area contributed by atoms with E-state index in [0.29, 0.717) is 6.42 Å². The molecule has 0 unspecified atom stereocenters. The van der Waals surface area contributed by atoms with Gasteiger partial charge in [0.05, 0.1) is 0 Å². The maximum Gasteiger partial charge on any atom is 0.303 e. The SMILES string of the molecule is CC(C)(O)N(C(C)(C)O)C(C)(C)O.CCCCCCCC/C=C/CCCCCCCC(=O)O. The topological polar surface area (TPSA) is 101 Å². The minimum Gasteiger partial charge on any atom is -0.481 e. The molecule has 0 bridgehead atoms. The van der Waals surface area contributed by atoms with E-state index in [1.54, 1.807) is 0 Å². The molecular formula is C27H55NO5. The second kappa shape index (κ2) is 18.4. The van der Waals surface area contributed by atoms with E-state index in [9.17, 15) is 20.1 Å². The Bertz CT molecular complexity index is 465. The Labute approximate surface area is 204 Å². The first kappa shape index (κ1) is 34.2. The predicted octanol–water partition coefficient (Wildman–Crippen LogP) is 6.58. The van der Waals surface area contributed by atoms with Gasteiger partial charge in [0.25, 0.3) is 0 Å². The Hall–Kier alpha value is -0.950. The van der Waals surface area contributed by atoms with Crippen LogP contribution in [0.3, 0.4) is 0 Å². The number of carbonyl (C=O) groups is 1. The molecule has 0 amide bonds. The van der Waals surface area contributed by atoms with Gasteiger partial charge in [-0.2, -0.15) is 0 Å². The second-order valence-corrected chi connectivity index (χ2v) is 10.5. The molecule has 0 atom stereocenters. The molecule has 0 aromatic carbocycles. The number of hydrogen-bond acceptors (Lipinski definition) is 5. The van der Waals surface area contributed by atoms with Crippen LogP contribution in [-0.2, 0) is 4.79 Å². The van der Waals surface area contributed by atoms with E-state index in [-0.39, 0.29) is 0 Å². The maximum absolute atomic E-state index is 10.3. The highest BCUT2D eigenvalue weighted by atomic mass is 16.4. The average Bonchev–Trinajstić information content (AvgIpc) is 2.61. The molecule has 0 spiro atoms. The van der Waals surface area contributed by atoms with Gasteiger partial charge in [-0.15, -0.1) is 0 Å². The van der Waals surface area contributed by atoms with Gasteiger partial charge in [0, 0.05) is 6.42 Å². The van der Waals surface area contributed by atoms with Gasteiger partial charge < -0.3 is 20.4 Å². The molecule has 0 fully saturated rings. The molecule has 6 heteroatoms. The molecule has 6 nitrogen and oxygen atoms in total. The van der Waals surface area contributed by atoms with Crippen LogP contribution in [0, 0.1) is 0 Å². The van der Waals surface area contributed by atoms with Crippen LogP contribution in [0.4, 0.5) is 0 Å². The Kier molecular flexibility index (Phi) is 19.1. The van der Waals surface area contributed by atoms with Crippen molar-refractivity contribution in [1.29, 1.82) is 0 Å². The molecule has 0 aromatic rings. The first-order valence-corrected chi connectivity index (χ1v) is 13.0. The van der Waals surface area contributed by atoms with Crippen molar-refractivity contribution in [2.75, 3.05) is 0 Å². The van der Waals surface area contributed by atoms with E-state index >= 15 is 0 Å². The third-order valence-corrected chi connectivity index (χ3v) is 5.29. The lowest BCUT2D eigenvalue weighted by molar-refractivity contribution is -0.288. The smallest absolute Gasteiger partial charge is 0.303 e. The number of aliphatic carboxylic acids is 1. The minimum atomic E-state index is -1.28. The number of hydrogen-bond donors (Lipinski definition) is 4. The Morgan fingerprint density at radius 2 is 0.970 bits per heavy atom. The molecule has 0 saturated heterocycles. The van der Waals surface area contributed by atoms with Gasteiger partial charge >= 0.3 is 5.97 Å². The molecule has 0 heterocycles. The first-order valence-electron chi connectivity index (χ1n) is 13.0. The number of unbranched alkanes of at least 4 members (excludes halogenated alkanes) is 11. The number of allylic oxidation sites excluding steroid dienone is 2. The molecule has 0 saturated carbocycles. The summed E-state index contributed by atoms with van der Waals surface area (Å²) in [7, 11) is 0. The zero-order valence-corrected chi connectivity index (χ0v) is 22.7. The van der Waals surface area contributed by atoms with Crippen LogP contribution in [0.2, 0.25) is 0 Å². The summed E-state index contributed by atoms with van der Waals surface area (Å²) in [5, 5.41) is 37.8. The van der Waals surface area contributed by atoms with E-state index < -0.39 is 23.1 Å². The summed E-state index contributed by atoms with van der Waals surface area (Å²) in [6, 6.07) is 0. The van der Waals surface area contributed by atoms with Crippen molar-refractivity contribution in [3.8, 4) is 0 Å². The van der Waals surface area contributed by atoms with E-state index in [1.165, 1.54) is 117 Å². The Morgan fingerprint density at radius 3 is 1.27 bits per heavy atom. The lowest BCUT2D eigenvalue weighted by Gasteiger charge is -2.49. The zero-order valence-electron chi connectivity index (χ0n) is 22.7. The van der Waals surface area contributed by atoms with Crippen molar-refractivity contribution in [2.24, 2.45) is 0 Å². The first-order chi connectivity index (χ1) is 15.1. The number of rotatable bonds is 18. The highest BCUT2D eigenvalue weighted by Crippen LogP contribution is 2.29. The van der Waals surface area contributed by atoms with Crippen molar-refractivity contribution in [3.05, 3.63) is 12.2 Å². The van der Waals surface area contributed by atoms with Gasteiger partial charge in [0.1, 0.15) is 17.2 Å². The molecule has 0 aromatic heterocycles. The number of aliphatic hydroxyl groups is 3. The summed E-state index contributed by atoms with van der Waals surface area (Å²) in [6.07, 6.45) is 21.2. The van der Waals surface area contributed by atoms with Crippen molar-refractivity contribution >= 4 is 5.97 Å². The van der Waals surface area contributed by atoms with Crippen LogP contribution >= 0.6 is 0 Å². The van der Waals surface area contributed by atoms with Crippen LogP contribution in [0.5, 0.6) is 0 Å². The maximum atomic E-state index is 10.3. The van der Waals surface area contributed by atoms with Gasteiger partial charge in [0.2, 0.25) is 0 Å². The summed E-state index contributed by atoms with van der Waals surface area (Å²) in [6.45, 7) is 11.4. The zero-order chi connectivity index (χ0) is 26.0. The van der Waals surface area contributed by atoms with Gasteiger partial charge in [0.15, 0.2) is 0 Å². The number of carboxylic acids is 1. The largest absolute Gasteiger partial charge is 0.481 e. The van der Waals surface area contributed by atoms with Crippen molar-refractivity contribution in [1.82, 2.24) is 4.90 Å². The predicted molar refractivity (Wildman–Crippen MR) is 138 cm³/mol. The van der Waals surface area contributed by atoms with E-state index in [4.69, 9.17) is 5.11 Å². The summed E-state index contributed by atoms with van der Waals surface area (Å²) in [4.78, 5) is 11.6. The van der Waals surface area contributed by atoms with E-state index in [1.807, 2.05) is 0 Å². The number of nitrogens with zero attached hydrogens (tertiary/aromatic N) is 1. The quantitative estimate of drug-likeness (QED) is 0.102. The van der Waals surface area contributed by atoms with Gasteiger partial charge in [-0.3, -0.25) is 4.79 Å². The summed E-state index contributed by atoms with van der Waals surface area (Å²) in [5.41, 5.74) is -3.84. The lowest BCUT2D eigenvalue weighted by Crippen LogP contribution is -2.64. The van der Waals surface area contributed by atoms with Crippen LogP contribution in [0.1, 0.15) is 138 Å². The lowest BCUT2D eigenvalue weighted by atomic mass is 10.1. The molecule has 0 rings (SSSR count). The fourth-order valence-electron chi connectivity index (χ4n) is 4.36.